The van der Waals surface area contributed by atoms with Gasteiger partial charge in [0.1, 0.15) is 0 Å². The summed E-state index contributed by atoms with van der Waals surface area (Å²) >= 11 is 3.23. The standard InChI is InChI=1S/C14H17N3OS2/c18-13(12-3-6-19-10-12)16-8-11-2-1-5-17(9-11)14-15-4-7-20-14/h3-4,6-7,10-11H,1-2,5,8-9H2,(H,16,18). The predicted octanol–water partition coefficient (Wildman–Crippen LogP) is 2.85. The van der Waals surface area contributed by atoms with E-state index in [0.717, 1.165) is 30.3 Å². The number of carbonyl (C=O) groups is 1. The SMILES string of the molecule is O=C(NCC1CCCN(c2nccs2)C1)c1ccsc1. The number of thiophene rings is 1. The zero-order valence-electron chi connectivity index (χ0n) is 11.1. The first-order valence-electron chi connectivity index (χ1n) is 6.78. The molecule has 0 saturated carbocycles. The van der Waals surface area contributed by atoms with Crippen LogP contribution in [-0.4, -0.2) is 30.5 Å². The summed E-state index contributed by atoms with van der Waals surface area (Å²) in [6.07, 6.45) is 4.19. The third-order valence-corrected chi connectivity index (χ3v) is 5.06. The Hall–Kier alpha value is -1.40. The molecule has 1 fully saturated rings. The average Bonchev–Trinajstić information content (AvgIpc) is 3.17. The molecule has 1 saturated heterocycles. The molecule has 0 aliphatic carbocycles. The van der Waals surface area contributed by atoms with Crippen LogP contribution in [0.1, 0.15) is 23.2 Å². The van der Waals surface area contributed by atoms with Gasteiger partial charge in [-0.3, -0.25) is 4.79 Å². The van der Waals surface area contributed by atoms with Crippen molar-refractivity contribution in [2.75, 3.05) is 24.5 Å². The molecule has 0 aromatic carbocycles. The monoisotopic (exact) mass is 307 g/mol. The van der Waals surface area contributed by atoms with Crippen LogP contribution in [0.15, 0.2) is 28.4 Å². The number of thiazole rings is 1. The molecule has 1 amide bonds. The fourth-order valence-electron chi connectivity index (χ4n) is 2.51. The smallest absolute Gasteiger partial charge is 0.252 e. The Bertz CT molecular complexity index is 539. The maximum atomic E-state index is 11.9. The largest absolute Gasteiger partial charge is 0.352 e. The van der Waals surface area contributed by atoms with E-state index in [9.17, 15) is 4.79 Å². The Kier molecular flexibility index (Phi) is 4.32. The van der Waals surface area contributed by atoms with Gasteiger partial charge in [0.05, 0.1) is 0 Å². The van der Waals surface area contributed by atoms with Gasteiger partial charge < -0.3 is 10.2 Å². The van der Waals surface area contributed by atoms with E-state index >= 15 is 0 Å². The second-order valence-corrected chi connectivity index (χ2v) is 6.64. The van der Waals surface area contributed by atoms with Crippen LogP contribution in [0.5, 0.6) is 0 Å². The van der Waals surface area contributed by atoms with Crippen molar-refractivity contribution in [1.29, 1.82) is 0 Å². The molecule has 106 valence electrons. The maximum absolute atomic E-state index is 11.9. The lowest BCUT2D eigenvalue weighted by Crippen LogP contribution is -2.40. The Morgan fingerprint density at radius 3 is 3.20 bits per heavy atom. The average molecular weight is 307 g/mol. The van der Waals surface area contributed by atoms with Crippen LogP contribution in [0.25, 0.3) is 0 Å². The summed E-state index contributed by atoms with van der Waals surface area (Å²) in [6, 6.07) is 1.86. The lowest BCUT2D eigenvalue weighted by Gasteiger charge is -2.32. The van der Waals surface area contributed by atoms with Gasteiger partial charge in [-0.25, -0.2) is 4.98 Å². The highest BCUT2D eigenvalue weighted by atomic mass is 32.1. The summed E-state index contributed by atoms with van der Waals surface area (Å²) in [6.45, 7) is 2.80. The van der Waals surface area contributed by atoms with E-state index in [1.54, 1.807) is 22.7 Å². The Labute approximate surface area is 126 Å². The number of hydrogen-bond donors (Lipinski definition) is 1. The van der Waals surface area contributed by atoms with Gasteiger partial charge in [0.2, 0.25) is 0 Å². The number of rotatable bonds is 4. The highest BCUT2D eigenvalue weighted by molar-refractivity contribution is 7.13. The summed E-state index contributed by atoms with van der Waals surface area (Å²) in [7, 11) is 0. The number of nitrogens with zero attached hydrogens (tertiary/aromatic N) is 2. The highest BCUT2D eigenvalue weighted by Gasteiger charge is 2.22. The van der Waals surface area contributed by atoms with Gasteiger partial charge >= 0.3 is 0 Å². The molecular weight excluding hydrogens is 290 g/mol. The van der Waals surface area contributed by atoms with Crippen LogP contribution in [-0.2, 0) is 0 Å². The van der Waals surface area contributed by atoms with Gasteiger partial charge in [0.15, 0.2) is 5.13 Å². The van der Waals surface area contributed by atoms with E-state index < -0.39 is 0 Å². The van der Waals surface area contributed by atoms with Crippen LogP contribution < -0.4 is 10.2 Å². The number of aromatic nitrogens is 1. The zero-order valence-corrected chi connectivity index (χ0v) is 12.8. The lowest BCUT2D eigenvalue weighted by molar-refractivity contribution is 0.0946. The molecule has 4 nitrogen and oxygen atoms in total. The fourth-order valence-corrected chi connectivity index (χ4v) is 3.83. The van der Waals surface area contributed by atoms with E-state index in [2.05, 4.69) is 15.2 Å². The van der Waals surface area contributed by atoms with Gasteiger partial charge in [-0.15, -0.1) is 11.3 Å². The maximum Gasteiger partial charge on any atom is 0.252 e. The Morgan fingerprint density at radius 1 is 1.50 bits per heavy atom. The first kappa shape index (κ1) is 13.6. The van der Waals surface area contributed by atoms with E-state index in [4.69, 9.17) is 0 Å². The topological polar surface area (TPSA) is 45.2 Å². The van der Waals surface area contributed by atoms with Crippen LogP contribution in [0.4, 0.5) is 5.13 Å². The molecule has 3 rings (SSSR count). The minimum Gasteiger partial charge on any atom is -0.352 e. The molecule has 0 spiro atoms. The molecule has 2 aromatic heterocycles. The van der Waals surface area contributed by atoms with Crippen molar-refractivity contribution >= 4 is 33.7 Å². The van der Waals surface area contributed by atoms with E-state index in [1.807, 2.05) is 28.4 Å². The van der Waals surface area contributed by atoms with E-state index in [1.165, 1.54) is 12.8 Å². The zero-order chi connectivity index (χ0) is 13.8. The minimum absolute atomic E-state index is 0.0395. The molecule has 1 N–H and O–H groups in total. The van der Waals surface area contributed by atoms with E-state index in [-0.39, 0.29) is 5.91 Å². The predicted molar refractivity (Wildman–Crippen MR) is 83.7 cm³/mol. The molecule has 1 aliphatic heterocycles. The summed E-state index contributed by atoms with van der Waals surface area (Å²) in [4.78, 5) is 18.6. The summed E-state index contributed by atoms with van der Waals surface area (Å²) in [5, 5.41) is 9.97. The molecule has 6 heteroatoms. The van der Waals surface area contributed by atoms with Gasteiger partial charge in [-0.05, 0) is 30.2 Å². The second-order valence-electron chi connectivity index (χ2n) is 4.99. The summed E-state index contributed by atoms with van der Waals surface area (Å²) in [5.74, 6) is 0.549. The molecule has 0 radical (unpaired) electrons. The molecule has 3 heterocycles. The van der Waals surface area contributed by atoms with Crippen molar-refractivity contribution in [1.82, 2.24) is 10.3 Å². The number of hydrogen-bond acceptors (Lipinski definition) is 5. The third kappa shape index (κ3) is 3.19. The molecule has 1 atom stereocenters. The molecular formula is C14H17N3OS2. The van der Waals surface area contributed by atoms with Gasteiger partial charge in [0.25, 0.3) is 5.91 Å². The number of anilines is 1. The number of amides is 1. The third-order valence-electron chi connectivity index (χ3n) is 3.54. The molecule has 1 unspecified atom stereocenters. The summed E-state index contributed by atoms with van der Waals surface area (Å²) < 4.78 is 0. The van der Waals surface area contributed by atoms with Crippen LogP contribution >= 0.6 is 22.7 Å². The molecule has 20 heavy (non-hydrogen) atoms. The number of nitrogens with one attached hydrogen (secondary N) is 1. The normalized spacial score (nSPS) is 19.0. The summed E-state index contributed by atoms with van der Waals surface area (Å²) in [5.41, 5.74) is 0.766. The Morgan fingerprint density at radius 2 is 2.45 bits per heavy atom. The number of piperidine rings is 1. The van der Waals surface area contributed by atoms with Gasteiger partial charge in [0, 0.05) is 42.2 Å². The molecule has 1 aliphatic rings. The molecule has 0 bridgehead atoms. The van der Waals surface area contributed by atoms with Crippen molar-refractivity contribution in [3.63, 3.8) is 0 Å². The van der Waals surface area contributed by atoms with Crippen LogP contribution in [0, 0.1) is 5.92 Å². The van der Waals surface area contributed by atoms with Crippen molar-refractivity contribution in [2.45, 2.75) is 12.8 Å². The first-order valence-corrected chi connectivity index (χ1v) is 8.60. The number of carbonyl (C=O) groups excluding carboxylic acids is 1. The van der Waals surface area contributed by atoms with Crippen LogP contribution in [0.3, 0.4) is 0 Å². The molecule has 2 aromatic rings. The van der Waals surface area contributed by atoms with E-state index in [0.29, 0.717) is 5.92 Å². The van der Waals surface area contributed by atoms with Gasteiger partial charge in [-0.1, -0.05) is 0 Å². The minimum atomic E-state index is 0.0395. The fraction of sp³-hybridized carbons (Fsp3) is 0.429. The highest BCUT2D eigenvalue weighted by Crippen LogP contribution is 2.24. The first-order chi connectivity index (χ1) is 9.83. The second kappa shape index (κ2) is 6.37. The lowest BCUT2D eigenvalue weighted by atomic mass is 9.98. The van der Waals surface area contributed by atoms with Crippen molar-refractivity contribution in [3.8, 4) is 0 Å². The van der Waals surface area contributed by atoms with Crippen molar-refractivity contribution < 1.29 is 4.79 Å². The van der Waals surface area contributed by atoms with Gasteiger partial charge in [-0.2, -0.15) is 11.3 Å². The van der Waals surface area contributed by atoms with Crippen molar-refractivity contribution in [2.24, 2.45) is 5.92 Å². The van der Waals surface area contributed by atoms with Crippen LogP contribution in [0.2, 0.25) is 0 Å². The Balaban J connectivity index is 1.52. The quantitative estimate of drug-likeness (QED) is 0.944. The van der Waals surface area contributed by atoms with Crippen molar-refractivity contribution in [3.05, 3.63) is 34.0 Å².